The van der Waals surface area contributed by atoms with E-state index in [-0.39, 0.29) is 5.92 Å². The van der Waals surface area contributed by atoms with Gasteiger partial charge in [0.25, 0.3) is 0 Å². The van der Waals surface area contributed by atoms with E-state index < -0.39 is 11.4 Å². The number of carbonyl (C=O) groups is 1. The van der Waals surface area contributed by atoms with E-state index in [1.807, 2.05) is 0 Å². The van der Waals surface area contributed by atoms with Crippen molar-refractivity contribution < 1.29 is 9.90 Å². The first-order chi connectivity index (χ1) is 8.97. The summed E-state index contributed by atoms with van der Waals surface area (Å²) in [6.07, 6.45) is 7.58. The molecule has 1 aliphatic heterocycles. The third kappa shape index (κ3) is 2.81. The van der Waals surface area contributed by atoms with Crippen molar-refractivity contribution >= 4 is 5.97 Å². The van der Waals surface area contributed by atoms with Crippen LogP contribution < -0.4 is 0 Å². The fraction of sp³-hybridized carbons (Fsp3) is 0.938. The molecule has 0 radical (unpaired) electrons. The van der Waals surface area contributed by atoms with Crippen LogP contribution in [0.1, 0.15) is 59.3 Å². The highest BCUT2D eigenvalue weighted by Gasteiger charge is 2.48. The van der Waals surface area contributed by atoms with Crippen LogP contribution in [0.25, 0.3) is 0 Å². The third-order valence-electron chi connectivity index (χ3n) is 5.77. The summed E-state index contributed by atoms with van der Waals surface area (Å²) in [5.74, 6) is 0.403. The summed E-state index contributed by atoms with van der Waals surface area (Å²) in [4.78, 5) is 14.1. The molecule has 1 N–H and O–H groups in total. The summed E-state index contributed by atoms with van der Waals surface area (Å²) in [5, 5.41) is 9.62. The molecule has 19 heavy (non-hydrogen) atoms. The standard InChI is InChI=1S/C16H29NO2/c1-12(2)16(15(18)19)9-10-17(11-16)13(3)14-7-5-4-6-8-14/h12-14H,4-11H2,1-3H3,(H,18,19). The van der Waals surface area contributed by atoms with E-state index in [4.69, 9.17) is 0 Å². The maximum atomic E-state index is 11.7. The molecule has 110 valence electrons. The number of aliphatic carboxylic acids is 1. The van der Waals surface area contributed by atoms with E-state index in [1.165, 1.54) is 32.1 Å². The maximum absolute atomic E-state index is 11.7. The van der Waals surface area contributed by atoms with Crippen LogP contribution in [-0.2, 0) is 4.79 Å². The van der Waals surface area contributed by atoms with Crippen molar-refractivity contribution in [3.8, 4) is 0 Å². The summed E-state index contributed by atoms with van der Waals surface area (Å²) in [5.41, 5.74) is -0.511. The maximum Gasteiger partial charge on any atom is 0.311 e. The normalized spacial score (nSPS) is 31.8. The summed E-state index contributed by atoms with van der Waals surface area (Å²) in [6.45, 7) is 8.14. The zero-order valence-corrected chi connectivity index (χ0v) is 12.7. The number of hydrogen-bond donors (Lipinski definition) is 1. The van der Waals surface area contributed by atoms with E-state index in [0.717, 1.165) is 25.4 Å². The second-order valence-corrected chi connectivity index (χ2v) is 6.98. The average Bonchev–Trinajstić information content (AvgIpc) is 2.85. The molecule has 2 fully saturated rings. The molecule has 1 heterocycles. The molecule has 2 aliphatic rings. The Kier molecular flexibility index (Phi) is 4.54. The number of rotatable bonds is 4. The molecule has 0 aromatic heterocycles. The fourth-order valence-electron chi connectivity index (χ4n) is 4.02. The lowest BCUT2D eigenvalue weighted by Gasteiger charge is -2.36. The highest BCUT2D eigenvalue weighted by Crippen LogP contribution is 2.41. The molecule has 0 bridgehead atoms. The van der Waals surface area contributed by atoms with Gasteiger partial charge < -0.3 is 5.11 Å². The van der Waals surface area contributed by atoms with E-state index in [1.54, 1.807) is 0 Å². The van der Waals surface area contributed by atoms with Crippen LogP contribution in [0.3, 0.4) is 0 Å². The lowest BCUT2D eigenvalue weighted by Crippen LogP contribution is -2.43. The van der Waals surface area contributed by atoms with Crippen molar-refractivity contribution in [2.75, 3.05) is 13.1 Å². The first-order valence-electron chi connectivity index (χ1n) is 7.95. The van der Waals surface area contributed by atoms with Gasteiger partial charge in [-0.15, -0.1) is 0 Å². The summed E-state index contributed by atoms with van der Waals surface area (Å²) in [6, 6.07) is 0.556. The zero-order valence-electron chi connectivity index (χ0n) is 12.7. The minimum absolute atomic E-state index is 0.216. The van der Waals surface area contributed by atoms with E-state index in [0.29, 0.717) is 6.04 Å². The van der Waals surface area contributed by atoms with Gasteiger partial charge in [0.1, 0.15) is 0 Å². The second kappa shape index (κ2) is 5.82. The molecule has 3 nitrogen and oxygen atoms in total. The highest BCUT2D eigenvalue weighted by atomic mass is 16.4. The quantitative estimate of drug-likeness (QED) is 0.849. The second-order valence-electron chi connectivity index (χ2n) is 6.98. The average molecular weight is 267 g/mol. The van der Waals surface area contributed by atoms with Crippen LogP contribution in [0.15, 0.2) is 0 Å². The van der Waals surface area contributed by atoms with Gasteiger partial charge in [0.2, 0.25) is 0 Å². The van der Waals surface area contributed by atoms with Gasteiger partial charge in [0.05, 0.1) is 5.41 Å². The number of carboxylic acids is 1. The molecular weight excluding hydrogens is 238 g/mol. The summed E-state index contributed by atoms with van der Waals surface area (Å²) in [7, 11) is 0. The lowest BCUT2D eigenvalue weighted by molar-refractivity contribution is -0.151. The minimum atomic E-state index is -0.596. The van der Waals surface area contributed by atoms with E-state index >= 15 is 0 Å². The monoisotopic (exact) mass is 267 g/mol. The van der Waals surface area contributed by atoms with Crippen molar-refractivity contribution in [2.24, 2.45) is 17.3 Å². The van der Waals surface area contributed by atoms with Crippen LogP contribution in [0.2, 0.25) is 0 Å². The van der Waals surface area contributed by atoms with Gasteiger partial charge in [-0.1, -0.05) is 33.1 Å². The minimum Gasteiger partial charge on any atom is -0.481 e. The van der Waals surface area contributed by atoms with Crippen molar-refractivity contribution in [3.05, 3.63) is 0 Å². The SMILES string of the molecule is CC(C1CCCCC1)N1CCC(C(=O)O)(C(C)C)C1. The Balaban J connectivity index is 2.02. The summed E-state index contributed by atoms with van der Waals surface area (Å²) < 4.78 is 0. The van der Waals surface area contributed by atoms with Crippen LogP contribution in [-0.4, -0.2) is 35.1 Å². The number of hydrogen-bond acceptors (Lipinski definition) is 2. The predicted molar refractivity (Wildman–Crippen MR) is 77.1 cm³/mol. The Morgan fingerprint density at radius 2 is 1.84 bits per heavy atom. The Morgan fingerprint density at radius 3 is 2.32 bits per heavy atom. The molecule has 1 saturated heterocycles. The topological polar surface area (TPSA) is 40.5 Å². The first kappa shape index (κ1) is 14.8. The lowest BCUT2D eigenvalue weighted by atomic mass is 9.76. The van der Waals surface area contributed by atoms with E-state index in [2.05, 4.69) is 25.7 Å². The van der Waals surface area contributed by atoms with Gasteiger partial charge in [-0.3, -0.25) is 9.69 Å². The predicted octanol–water partition coefficient (Wildman–Crippen LogP) is 3.39. The Labute approximate surface area is 117 Å². The first-order valence-corrected chi connectivity index (χ1v) is 7.95. The molecular formula is C16H29NO2. The zero-order chi connectivity index (χ0) is 14.0. The third-order valence-corrected chi connectivity index (χ3v) is 5.77. The van der Waals surface area contributed by atoms with Gasteiger partial charge in [0.15, 0.2) is 0 Å². The van der Waals surface area contributed by atoms with Gasteiger partial charge in [-0.25, -0.2) is 0 Å². The van der Waals surface area contributed by atoms with Gasteiger partial charge in [0, 0.05) is 12.6 Å². The summed E-state index contributed by atoms with van der Waals surface area (Å²) >= 11 is 0. The Morgan fingerprint density at radius 1 is 1.21 bits per heavy atom. The van der Waals surface area contributed by atoms with Gasteiger partial charge in [-0.05, 0) is 44.6 Å². The molecule has 3 heteroatoms. The largest absolute Gasteiger partial charge is 0.481 e. The molecule has 2 rings (SSSR count). The molecule has 2 atom stereocenters. The van der Waals surface area contributed by atoms with E-state index in [9.17, 15) is 9.90 Å². The van der Waals surface area contributed by atoms with Gasteiger partial charge >= 0.3 is 5.97 Å². The molecule has 1 aliphatic carbocycles. The van der Waals surface area contributed by atoms with Crippen LogP contribution in [0, 0.1) is 17.3 Å². The van der Waals surface area contributed by atoms with Crippen molar-refractivity contribution in [1.82, 2.24) is 4.90 Å². The molecule has 2 unspecified atom stereocenters. The number of nitrogens with zero attached hydrogens (tertiary/aromatic N) is 1. The van der Waals surface area contributed by atoms with Crippen molar-refractivity contribution in [3.63, 3.8) is 0 Å². The van der Waals surface area contributed by atoms with Crippen LogP contribution in [0.4, 0.5) is 0 Å². The van der Waals surface area contributed by atoms with Gasteiger partial charge in [-0.2, -0.15) is 0 Å². The van der Waals surface area contributed by atoms with Crippen LogP contribution >= 0.6 is 0 Å². The fourth-order valence-corrected chi connectivity index (χ4v) is 4.02. The van der Waals surface area contributed by atoms with Crippen molar-refractivity contribution in [1.29, 1.82) is 0 Å². The molecule has 0 aromatic carbocycles. The molecule has 1 saturated carbocycles. The number of carboxylic acid groups (broad SMARTS) is 1. The number of likely N-dealkylation sites (tertiary alicyclic amines) is 1. The Hall–Kier alpha value is -0.570. The Bertz CT molecular complexity index is 323. The van der Waals surface area contributed by atoms with Crippen LogP contribution in [0.5, 0.6) is 0 Å². The molecule has 0 amide bonds. The van der Waals surface area contributed by atoms with Crippen molar-refractivity contribution in [2.45, 2.75) is 65.3 Å². The molecule has 0 spiro atoms. The smallest absolute Gasteiger partial charge is 0.311 e. The molecule has 0 aromatic rings. The highest BCUT2D eigenvalue weighted by molar-refractivity contribution is 5.75.